The number of ether oxygens (including phenoxy) is 2. The molecule has 2 rings (SSSR count). The van der Waals surface area contributed by atoms with Crippen LogP contribution in [0.3, 0.4) is 0 Å². The quantitative estimate of drug-likeness (QED) is 0.512. The summed E-state index contributed by atoms with van der Waals surface area (Å²) in [5, 5.41) is 3.41. The zero-order valence-electron chi connectivity index (χ0n) is 16.6. The molecular weight excluding hydrogens is 362 g/mol. The van der Waals surface area contributed by atoms with Gasteiger partial charge in [0, 0.05) is 11.3 Å². The van der Waals surface area contributed by atoms with E-state index >= 15 is 0 Å². The minimum Gasteiger partial charge on any atom is -0.493 e. The first-order chi connectivity index (χ1) is 12.8. The smallest absolute Gasteiger partial charge is 0.341 e. The van der Waals surface area contributed by atoms with Gasteiger partial charge in [0.2, 0.25) is 5.91 Å². The summed E-state index contributed by atoms with van der Waals surface area (Å²) in [6.45, 7) is 10.4. The Morgan fingerprint density at radius 3 is 2.56 bits per heavy atom. The number of nitrogens with one attached hydrogen (secondary N) is 1. The Labute approximate surface area is 164 Å². The van der Waals surface area contributed by atoms with E-state index in [0.29, 0.717) is 36.6 Å². The molecule has 1 N–H and O–H groups in total. The second kappa shape index (κ2) is 9.55. The van der Waals surface area contributed by atoms with Crippen LogP contribution in [0.25, 0.3) is 0 Å². The van der Waals surface area contributed by atoms with Crippen LogP contribution < -0.4 is 10.1 Å². The Balaban J connectivity index is 1.89. The molecule has 1 heterocycles. The van der Waals surface area contributed by atoms with E-state index in [-0.39, 0.29) is 5.91 Å². The highest BCUT2D eigenvalue weighted by Gasteiger charge is 2.21. The summed E-state index contributed by atoms with van der Waals surface area (Å²) in [6.07, 6.45) is 0.917. The van der Waals surface area contributed by atoms with Gasteiger partial charge < -0.3 is 14.8 Å². The zero-order valence-corrected chi connectivity index (χ0v) is 17.4. The van der Waals surface area contributed by atoms with Crippen molar-refractivity contribution < 1.29 is 19.1 Å². The van der Waals surface area contributed by atoms with Gasteiger partial charge in [0.25, 0.3) is 0 Å². The monoisotopic (exact) mass is 389 g/mol. The third-order valence-corrected chi connectivity index (χ3v) is 5.38. The largest absolute Gasteiger partial charge is 0.493 e. The minimum atomic E-state index is -0.396. The third-order valence-electron chi connectivity index (χ3n) is 4.25. The average Bonchev–Trinajstić information content (AvgIpc) is 2.87. The topological polar surface area (TPSA) is 64.6 Å². The highest BCUT2D eigenvalue weighted by molar-refractivity contribution is 7.16. The molecule has 0 radical (unpaired) electrons. The van der Waals surface area contributed by atoms with E-state index in [9.17, 15) is 9.59 Å². The van der Waals surface area contributed by atoms with Crippen LogP contribution in [0, 0.1) is 27.7 Å². The van der Waals surface area contributed by atoms with E-state index in [2.05, 4.69) is 11.4 Å². The number of thiophene rings is 1. The van der Waals surface area contributed by atoms with Crippen molar-refractivity contribution in [2.24, 2.45) is 0 Å². The summed E-state index contributed by atoms with van der Waals surface area (Å²) in [5.74, 6) is 0.314. The molecule has 0 bridgehead atoms. The van der Waals surface area contributed by atoms with Crippen molar-refractivity contribution in [2.45, 2.75) is 47.5 Å². The Kier molecular flexibility index (Phi) is 7.42. The van der Waals surface area contributed by atoms with Crippen molar-refractivity contribution in [2.75, 3.05) is 18.5 Å². The molecule has 0 saturated heterocycles. The molecule has 0 spiro atoms. The van der Waals surface area contributed by atoms with Crippen LogP contribution in [0.1, 0.15) is 51.7 Å². The van der Waals surface area contributed by atoms with Crippen LogP contribution in [0.2, 0.25) is 0 Å². The molecule has 146 valence electrons. The molecule has 6 heteroatoms. The normalized spacial score (nSPS) is 10.6. The Hall–Kier alpha value is -2.34. The zero-order chi connectivity index (χ0) is 20.0. The first-order valence-corrected chi connectivity index (χ1v) is 9.92. The first kappa shape index (κ1) is 21.0. The summed E-state index contributed by atoms with van der Waals surface area (Å²) < 4.78 is 10.9. The van der Waals surface area contributed by atoms with Gasteiger partial charge in [-0.05, 0) is 58.2 Å². The number of benzene rings is 1. The van der Waals surface area contributed by atoms with E-state index in [1.54, 1.807) is 6.92 Å². The van der Waals surface area contributed by atoms with Crippen LogP contribution in [0.4, 0.5) is 5.00 Å². The fourth-order valence-electron chi connectivity index (χ4n) is 2.73. The minimum absolute atomic E-state index is 0.133. The number of carbonyl (C=O) groups excluding carboxylic acids is 2. The molecule has 1 aromatic carbocycles. The number of aryl methyl sites for hydroxylation is 3. The molecular formula is C21H27NO4S. The van der Waals surface area contributed by atoms with E-state index in [0.717, 1.165) is 21.8 Å². The van der Waals surface area contributed by atoms with Gasteiger partial charge in [0.05, 0.1) is 18.8 Å². The average molecular weight is 390 g/mol. The van der Waals surface area contributed by atoms with Gasteiger partial charge in [-0.1, -0.05) is 17.7 Å². The van der Waals surface area contributed by atoms with Crippen molar-refractivity contribution in [1.29, 1.82) is 0 Å². The van der Waals surface area contributed by atoms with Gasteiger partial charge in [-0.15, -0.1) is 11.3 Å². The fraction of sp³-hybridized carbons (Fsp3) is 0.429. The van der Waals surface area contributed by atoms with Gasteiger partial charge in [-0.25, -0.2) is 4.79 Å². The molecule has 1 aromatic heterocycles. The second-order valence-electron chi connectivity index (χ2n) is 6.48. The van der Waals surface area contributed by atoms with Gasteiger partial charge >= 0.3 is 5.97 Å². The predicted octanol–water partition coefficient (Wildman–Crippen LogP) is 4.96. The van der Waals surface area contributed by atoms with Crippen LogP contribution in [-0.4, -0.2) is 25.1 Å². The Morgan fingerprint density at radius 1 is 1.15 bits per heavy atom. The van der Waals surface area contributed by atoms with Crippen molar-refractivity contribution in [3.8, 4) is 5.75 Å². The highest BCUT2D eigenvalue weighted by Crippen LogP contribution is 2.33. The number of rotatable bonds is 8. The molecule has 0 aliphatic heterocycles. The second-order valence-corrected chi connectivity index (χ2v) is 7.70. The standard InChI is InChI=1S/C21H27NO4S/c1-6-25-21(24)19-15(4)16(5)27-20(19)22-18(23)8-7-11-26-17-10-9-13(2)12-14(17)3/h9-10,12H,6-8,11H2,1-5H3,(H,22,23). The molecule has 5 nitrogen and oxygen atoms in total. The van der Waals surface area contributed by atoms with Crippen LogP contribution in [-0.2, 0) is 9.53 Å². The maximum Gasteiger partial charge on any atom is 0.341 e. The summed E-state index contributed by atoms with van der Waals surface area (Å²) in [4.78, 5) is 25.4. The van der Waals surface area contributed by atoms with Gasteiger partial charge in [-0.2, -0.15) is 0 Å². The highest BCUT2D eigenvalue weighted by atomic mass is 32.1. The maximum atomic E-state index is 12.3. The number of hydrogen-bond donors (Lipinski definition) is 1. The molecule has 1 amide bonds. The SMILES string of the molecule is CCOC(=O)c1c(NC(=O)CCCOc2ccc(C)cc2C)sc(C)c1C. The number of anilines is 1. The molecule has 27 heavy (non-hydrogen) atoms. The van der Waals surface area contributed by atoms with Crippen molar-refractivity contribution in [1.82, 2.24) is 0 Å². The number of esters is 1. The number of amides is 1. The summed E-state index contributed by atoms with van der Waals surface area (Å²) in [7, 11) is 0. The van der Waals surface area contributed by atoms with Gasteiger partial charge in [-0.3, -0.25) is 4.79 Å². The lowest BCUT2D eigenvalue weighted by atomic mass is 10.1. The number of hydrogen-bond acceptors (Lipinski definition) is 5. The fourth-order valence-corrected chi connectivity index (χ4v) is 3.79. The Morgan fingerprint density at radius 2 is 1.89 bits per heavy atom. The molecule has 0 aliphatic carbocycles. The van der Waals surface area contributed by atoms with Crippen LogP contribution in [0.5, 0.6) is 5.75 Å². The predicted molar refractivity (Wildman–Crippen MR) is 109 cm³/mol. The molecule has 0 aliphatic rings. The van der Waals surface area contributed by atoms with Crippen molar-refractivity contribution >= 4 is 28.2 Å². The van der Waals surface area contributed by atoms with Gasteiger partial charge in [0.1, 0.15) is 10.8 Å². The lowest BCUT2D eigenvalue weighted by molar-refractivity contribution is -0.116. The maximum absolute atomic E-state index is 12.3. The molecule has 0 atom stereocenters. The van der Waals surface area contributed by atoms with Crippen LogP contribution in [0.15, 0.2) is 18.2 Å². The molecule has 0 unspecified atom stereocenters. The van der Waals surface area contributed by atoms with E-state index in [1.807, 2.05) is 39.8 Å². The Bertz CT molecular complexity index is 826. The van der Waals surface area contributed by atoms with E-state index in [1.165, 1.54) is 16.9 Å². The lowest BCUT2D eigenvalue weighted by Crippen LogP contribution is -2.15. The third kappa shape index (κ3) is 5.57. The first-order valence-electron chi connectivity index (χ1n) is 9.10. The van der Waals surface area contributed by atoms with Gasteiger partial charge in [0.15, 0.2) is 0 Å². The van der Waals surface area contributed by atoms with Crippen molar-refractivity contribution in [3.05, 3.63) is 45.3 Å². The van der Waals surface area contributed by atoms with E-state index < -0.39 is 5.97 Å². The summed E-state index contributed by atoms with van der Waals surface area (Å²) >= 11 is 1.40. The lowest BCUT2D eigenvalue weighted by Gasteiger charge is -2.10. The van der Waals surface area contributed by atoms with E-state index in [4.69, 9.17) is 9.47 Å². The van der Waals surface area contributed by atoms with Crippen molar-refractivity contribution in [3.63, 3.8) is 0 Å². The number of carbonyl (C=O) groups is 2. The molecule has 2 aromatic rings. The molecule has 0 saturated carbocycles. The molecule has 0 fully saturated rings. The summed E-state index contributed by atoms with van der Waals surface area (Å²) in [6, 6.07) is 6.03. The van der Waals surface area contributed by atoms with Crippen LogP contribution >= 0.6 is 11.3 Å². The summed E-state index contributed by atoms with van der Waals surface area (Å²) in [5.41, 5.74) is 3.59.